The molecule has 2 aromatic rings. The molecule has 1 fully saturated rings. The molecule has 0 bridgehead atoms. The maximum absolute atomic E-state index is 12.9. The Kier molecular flexibility index (Phi) is 6.16. The van der Waals surface area contributed by atoms with E-state index in [1.807, 2.05) is 29.3 Å². The van der Waals surface area contributed by atoms with Gasteiger partial charge in [-0.3, -0.25) is 9.78 Å². The van der Waals surface area contributed by atoms with Gasteiger partial charge in [0.1, 0.15) is 5.75 Å². The number of piperazine rings is 1. The van der Waals surface area contributed by atoms with Gasteiger partial charge in [-0.05, 0) is 44.2 Å². The molecule has 1 saturated heterocycles. The van der Waals surface area contributed by atoms with Crippen molar-refractivity contribution in [2.75, 3.05) is 56.2 Å². The number of nitrogens with zero attached hydrogens (tertiary/aromatic N) is 4. The highest BCUT2D eigenvalue weighted by Gasteiger charge is 2.23. The van der Waals surface area contributed by atoms with Crippen LogP contribution < -0.4 is 14.5 Å². The number of hydrogen-bond donors (Lipinski definition) is 0. The maximum atomic E-state index is 12.9. The zero-order valence-electron chi connectivity index (χ0n) is 16.4. The second kappa shape index (κ2) is 8.75. The number of ether oxygens (including phenoxy) is 1. The molecule has 1 aromatic heterocycles. The lowest BCUT2D eigenvalue weighted by molar-refractivity contribution is 0.0746. The van der Waals surface area contributed by atoms with Crippen molar-refractivity contribution in [1.29, 1.82) is 0 Å². The van der Waals surface area contributed by atoms with Gasteiger partial charge in [0.2, 0.25) is 0 Å². The third-order valence-corrected chi connectivity index (χ3v) is 5.10. The van der Waals surface area contributed by atoms with Gasteiger partial charge < -0.3 is 19.4 Å². The van der Waals surface area contributed by atoms with Gasteiger partial charge in [0.25, 0.3) is 5.91 Å². The quantitative estimate of drug-likeness (QED) is 0.785. The number of pyridine rings is 1. The Bertz CT molecular complexity index is 751. The van der Waals surface area contributed by atoms with E-state index in [9.17, 15) is 4.79 Å². The van der Waals surface area contributed by atoms with E-state index in [2.05, 4.69) is 40.8 Å². The molecule has 3 rings (SSSR count). The van der Waals surface area contributed by atoms with Crippen molar-refractivity contribution in [3.63, 3.8) is 0 Å². The highest BCUT2D eigenvalue weighted by atomic mass is 16.5. The molecule has 6 nitrogen and oxygen atoms in total. The molecule has 1 aliphatic heterocycles. The van der Waals surface area contributed by atoms with Crippen LogP contribution in [0.15, 0.2) is 42.7 Å². The normalized spacial score (nSPS) is 14.2. The van der Waals surface area contributed by atoms with Gasteiger partial charge >= 0.3 is 0 Å². The average molecular weight is 368 g/mol. The standard InChI is InChI=1S/C21H28N4O2/c1-4-23(5-2)19-14-17(15-22-16-19)21(26)25-12-10-24(11-13-25)18-6-8-20(27-3)9-7-18/h6-9,14-16H,4-5,10-13H2,1-3H3. The van der Waals surface area contributed by atoms with Crippen molar-refractivity contribution in [3.05, 3.63) is 48.3 Å². The summed E-state index contributed by atoms with van der Waals surface area (Å²) in [6.45, 7) is 9.07. The van der Waals surface area contributed by atoms with Crippen LogP contribution in [-0.4, -0.2) is 62.2 Å². The lowest BCUT2D eigenvalue weighted by Crippen LogP contribution is -2.48. The molecule has 0 unspecified atom stereocenters. The second-order valence-corrected chi connectivity index (χ2v) is 6.58. The van der Waals surface area contributed by atoms with E-state index in [0.717, 1.165) is 43.3 Å². The first kappa shape index (κ1) is 19.0. The average Bonchev–Trinajstić information content (AvgIpc) is 2.74. The highest BCUT2D eigenvalue weighted by Crippen LogP contribution is 2.21. The first-order valence-electron chi connectivity index (χ1n) is 9.54. The lowest BCUT2D eigenvalue weighted by Gasteiger charge is -2.36. The van der Waals surface area contributed by atoms with Crippen molar-refractivity contribution in [2.45, 2.75) is 13.8 Å². The van der Waals surface area contributed by atoms with Gasteiger partial charge in [-0.15, -0.1) is 0 Å². The first-order chi connectivity index (χ1) is 13.2. The van der Waals surface area contributed by atoms with E-state index in [1.165, 1.54) is 0 Å². The Morgan fingerprint density at radius 3 is 2.33 bits per heavy atom. The van der Waals surface area contributed by atoms with Gasteiger partial charge in [-0.1, -0.05) is 0 Å². The molecule has 0 N–H and O–H groups in total. The summed E-state index contributed by atoms with van der Waals surface area (Å²) in [6, 6.07) is 10.0. The molecule has 0 spiro atoms. The fourth-order valence-electron chi connectivity index (χ4n) is 3.45. The van der Waals surface area contributed by atoms with E-state index in [-0.39, 0.29) is 5.91 Å². The zero-order valence-corrected chi connectivity index (χ0v) is 16.4. The van der Waals surface area contributed by atoms with E-state index < -0.39 is 0 Å². The molecule has 1 aliphatic rings. The smallest absolute Gasteiger partial charge is 0.255 e. The second-order valence-electron chi connectivity index (χ2n) is 6.58. The molecule has 0 aliphatic carbocycles. The molecular formula is C21H28N4O2. The van der Waals surface area contributed by atoms with Crippen LogP contribution in [0.4, 0.5) is 11.4 Å². The minimum atomic E-state index is 0.0610. The molecular weight excluding hydrogens is 340 g/mol. The van der Waals surface area contributed by atoms with Crippen LogP contribution in [-0.2, 0) is 0 Å². The molecule has 0 saturated carbocycles. The summed E-state index contributed by atoms with van der Waals surface area (Å²) in [5, 5.41) is 0. The Labute approximate surface area is 161 Å². The molecule has 27 heavy (non-hydrogen) atoms. The van der Waals surface area contributed by atoms with Crippen LogP contribution in [0.2, 0.25) is 0 Å². The molecule has 1 amide bonds. The van der Waals surface area contributed by atoms with Crippen LogP contribution in [0.5, 0.6) is 5.75 Å². The van der Waals surface area contributed by atoms with Gasteiger partial charge in [-0.2, -0.15) is 0 Å². The fraction of sp³-hybridized carbons (Fsp3) is 0.429. The first-order valence-corrected chi connectivity index (χ1v) is 9.54. The van der Waals surface area contributed by atoms with Gasteiger partial charge in [0.05, 0.1) is 24.6 Å². The summed E-state index contributed by atoms with van der Waals surface area (Å²) in [7, 11) is 1.67. The summed E-state index contributed by atoms with van der Waals surface area (Å²) in [4.78, 5) is 23.6. The number of amides is 1. The number of aromatic nitrogens is 1. The highest BCUT2D eigenvalue weighted by molar-refractivity contribution is 5.95. The minimum absolute atomic E-state index is 0.0610. The topological polar surface area (TPSA) is 48.9 Å². The molecule has 0 atom stereocenters. The largest absolute Gasteiger partial charge is 0.497 e. The lowest BCUT2D eigenvalue weighted by atomic mass is 10.2. The molecule has 6 heteroatoms. The minimum Gasteiger partial charge on any atom is -0.497 e. The van der Waals surface area contributed by atoms with E-state index >= 15 is 0 Å². The van der Waals surface area contributed by atoms with Crippen molar-refractivity contribution >= 4 is 17.3 Å². The van der Waals surface area contributed by atoms with Gasteiger partial charge in [0.15, 0.2) is 0 Å². The van der Waals surface area contributed by atoms with Crippen molar-refractivity contribution in [3.8, 4) is 5.75 Å². The number of rotatable bonds is 6. The van der Waals surface area contributed by atoms with Crippen LogP contribution in [0.1, 0.15) is 24.2 Å². The SMILES string of the molecule is CCN(CC)c1cncc(C(=O)N2CCN(c3ccc(OC)cc3)CC2)c1. The summed E-state index contributed by atoms with van der Waals surface area (Å²) >= 11 is 0. The Balaban J connectivity index is 1.63. The number of methoxy groups -OCH3 is 1. The van der Waals surface area contributed by atoms with Crippen LogP contribution in [0.3, 0.4) is 0 Å². The Morgan fingerprint density at radius 2 is 1.74 bits per heavy atom. The van der Waals surface area contributed by atoms with Crippen LogP contribution >= 0.6 is 0 Å². The number of carbonyl (C=O) groups excluding carboxylic acids is 1. The van der Waals surface area contributed by atoms with Crippen molar-refractivity contribution < 1.29 is 9.53 Å². The summed E-state index contributed by atoms with van der Waals surface area (Å²) in [5.74, 6) is 0.916. The van der Waals surface area contributed by atoms with Gasteiger partial charge in [0, 0.05) is 51.2 Å². The van der Waals surface area contributed by atoms with E-state index in [0.29, 0.717) is 18.7 Å². The molecule has 1 aromatic carbocycles. The summed E-state index contributed by atoms with van der Waals surface area (Å²) in [6.07, 6.45) is 3.50. The van der Waals surface area contributed by atoms with Crippen molar-refractivity contribution in [1.82, 2.24) is 9.88 Å². The molecule has 144 valence electrons. The van der Waals surface area contributed by atoms with Crippen LogP contribution in [0.25, 0.3) is 0 Å². The Morgan fingerprint density at radius 1 is 1.07 bits per heavy atom. The van der Waals surface area contributed by atoms with E-state index in [4.69, 9.17) is 4.74 Å². The van der Waals surface area contributed by atoms with Crippen LogP contribution in [0, 0.1) is 0 Å². The van der Waals surface area contributed by atoms with Crippen molar-refractivity contribution in [2.24, 2.45) is 0 Å². The monoisotopic (exact) mass is 368 g/mol. The number of benzene rings is 1. The maximum Gasteiger partial charge on any atom is 0.255 e. The molecule has 0 radical (unpaired) electrons. The van der Waals surface area contributed by atoms with Gasteiger partial charge in [-0.25, -0.2) is 0 Å². The zero-order chi connectivity index (χ0) is 19.2. The Hall–Kier alpha value is -2.76. The third-order valence-electron chi connectivity index (χ3n) is 5.10. The number of anilines is 2. The predicted molar refractivity (Wildman–Crippen MR) is 109 cm³/mol. The number of hydrogen-bond acceptors (Lipinski definition) is 5. The third kappa shape index (κ3) is 4.32. The van der Waals surface area contributed by atoms with E-state index in [1.54, 1.807) is 13.3 Å². The number of carbonyl (C=O) groups is 1. The summed E-state index contributed by atoms with van der Waals surface area (Å²) in [5.41, 5.74) is 2.83. The molecule has 2 heterocycles. The fourth-order valence-corrected chi connectivity index (χ4v) is 3.45. The predicted octanol–water partition coefficient (Wildman–Crippen LogP) is 2.90. The summed E-state index contributed by atoms with van der Waals surface area (Å²) < 4.78 is 5.22.